The van der Waals surface area contributed by atoms with Gasteiger partial charge in [-0.15, -0.1) is 0 Å². The standard InChI is InChI=1S/C17H13NS/c18-14-6-3-5-11-8-9-16-13(17(11)14)10-12-4-1-2-7-15(12)19-16/h1-9H,10,18H2. The molecule has 2 heteroatoms. The monoisotopic (exact) mass is 263 g/mol. The van der Waals surface area contributed by atoms with E-state index in [1.54, 1.807) is 0 Å². The third kappa shape index (κ3) is 1.64. The summed E-state index contributed by atoms with van der Waals surface area (Å²) in [4.78, 5) is 2.70. The summed E-state index contributed by atoms with van der Waals surface area (Å²) in [5.41, 5.74) is 9.85. The number of nitrogens with two attached hydrogens (primary N) is 1. The average Bonchev–Trinajstić information content (AvgIpc) is 2.45. The quantitative estimate of drug-likeness (QED) is 0.473. The predicted octanol–water partition coefficient (Wildman–Crippen LogP) is 4.48. The van der Waals surface area contributed by atoms with Gasteiger partial charge in [0.2, 0.25) is 0 Å². The van der Waals surface area contributed by atoms with E-state index in [1.165, 1.54) is 31.7 Å². The Morgan fingerprint density at radius 1 is 0.842 bits per heavy atom. The van der Waals surface area contributed by atoms with Gasteiger partial charge in [0, 0.05) is 27.3 Å². The molecule has 2 N–H and O–H groups in total. The summed E-state index contributed by atoms with van der Waals surface area (Å²) in [5, 5.41) is 2.46. The molecule has 3 aromatic carbocycles. The van der Waals surface area contributed by atoms with E-state index in [0.29, 0.717) is 0 Å². The summed E-state index contributed by atoms with van der Waals surface area (Å²) >= 11 is 1.85. The van der Waals surface area contributed by atoms with Crippen LogP contribution in [0.2, 0.25) is 0 Å². The fraction of sp³-hybridized carbons (Fsp3) is 0.0588. The summed E-state index contributed by atoms with van der Waals surface area (Å²) in [5.74, 6) is 0. The van der Waals surface area contributed by atoms with E-state index < -0.39 is 0 Å². The molecule has 1 aliphatic rings. The maximum Gasteiger partial charge on any atom is 0.0397 e. The highest BCUT2D eigenvalue weighted by Gasteiger charge is 2.18. The van der Waals surface area contributed by atoms with E-state index in [-0.39, 0.29) is 0 Å². The largest absolute Gasteiger partial charge is 0.398 e. The first kappa shape index (κ1) is 10.9. The van der Waals surface area contributed by atoms with Gasteiger partial charge in [0.05, 0.1) is 0 Å². The fourth-order valence-corrected chi connectivity index (χ4v) is 3.88. The first-order valence-corrected chi connectivity index (χ1v) is 7.20. The van der Waals surface area contributed by atoms with Crippen molar-refractivity contribution >= 4 is 28.2 Å². The van der Waals surface area contributed by atoms with Crippen molar-refractivity contribution in [2.45, 2.75) is 16.2 Å². The van der Waals surface area contributed by atoms with Gasteiger partial charge in [-0.3, -0.25) is 0 Å². The second kappa shape index (κ2) is 4.04. The van der Waals surface area contributed by atoms with Gasteiger partial charge in [0.1, 0.15) is 0 Å². The van der Waals surface area contributed by atoms with E-state index in [9.17, 15) is 0 Å². The van der Waals surface area contributed by atoms with Crippen molar-refractivity contribution in [1.82, 2.24) is 0 Å². The summed E-state index contributed by atoms with van der Waals surface area (Å²) < 4.78 is 0. The molecule has 0 fully saturated rings. The molecule has 92 valence electrons. The van der Waals surface area contributed by atoms with Crippen LogP contribution in [-0.2, 0) is 6.42 Å². The van der Waals surface area contributed by atoms with Crippen LogP contribution in [0.3, 0.4) is 0 Å². The molecule has 0 aliphatic carbocycles. The van der Waals surface area contributed by atoms with Crippen LogP contribution in [0.4, 0.5) is 5.69 Å². The van der Waals surface area contributed by atoms with Crippen molar-refractivity contribution < 1.29 is 0 Å². The van der Waals surface area contributed by atoms with Crippen LogP contribution >= 0.6 is 11.8 Å². The van der Waals surface area contributed by atoms with Crippen molar-refractivity contribution in [2.24, 2.45) is 0 Å². The maximum absolute atomic E-state index is 6.19. The Balaban J connectivity index is 2.01. The molecule has 1 nitrogen and oxygen atoms in total. The molecule has 19 heavy (non-hydrogen) atoms. The maximum atomic E-state index is 6.19. The van der Waals surface area contributed by atoms with Crippen molar-refractivity contribution in [3.63, 3.8) is 0 Å². The van der Waals surface area contributed by atoms with Crippen LogP contribution in [-0.4, -0.2) is 0 Å². The van der Waals surface area contributed by atoms with Gasteiger partial charge in [-0.05, 0) is 34.7 Å². The van der Waals surface area contributed by atoms with Gasteiger partial charge in [-0.1, -0.05) is 48.2 Å². The number of hydrogen-bond acceptors (Lipinski definition) is 2. The van der Waals surface area contributed by atoms with Crippen LogP contribution in [0.5, 0.6) is 0 Å². The van der Waals surface area contributed by atoms with E-state index in [2.05, 4.69) is 42.5 Å². The highest BCUT2D eigenvalue weighted by Crippen LogP contribution is 2.43. The molecule has 0 radical (unpaired) electrons. The Bertz CT molecular complexity index is 792. The Morgan fingerprint density at radius 2 is 1.74 bits per heavy atom. The molecular formula is C17H13NS. The van der Waals surface area contributed by atoms with Gasteiger partial charge >= 0.3 is 0 Å². The molecular weight excluding hydrogens is 250 g/mol. The van der Waals surface area contributed by atoms with Gasteiger partial charge in [-0.25, -0.2) is 0 Å². The third-order valence-electron chi connectivity index (χ3n) is 3.70. The summed E-state index contributed by atoms with van der Waals surface area (Å²) in [7, 11) is 0. The number of rotatable bonds is 0. The second-order valence-corrected chi connectivity index (χ2v) is 5.96. The van der Waals surface area contributed by atoms with E-state index >= 15 is 0 Å². The topological polar surface area (TPSA) is 26.0 Å². The first-order chi connectivity index (χ1) is 9.33. The van der Waals surface area contributed by atoms with Crippen molar-refractivity contribution in [3.8, 4) is 0 Å². The van der Waals surface area contributed by atoms with Crippen LogP contribution in [0.1, 0.15) is 11.1 Å². The van der Waals surface area contributed by atoms with Gasteiger partial charge < -0.3 is 5.73 Å². The van der Waals surface area contributed by atoms with Gasteiger partial charge in [-0.2, -0.15) is 0 Å². The second-order valence-electron chi connectivity index (χ2n) is 4.87. The third-order valence-corrected chi connectivity index (χ3v) is 4.92. The van der Waals surface area contributed by atoms with Crippen LogP contribution < -0.4 is 5.73 Å². The summed E-state index contributed by atoms with van der Waals surface area (Å²) in [6.07, 6.45) is 0.976. The summed E-state index contributed by atoms with van der Waals surface area (Å²) in [6.45, 7) is 0. The molecule has 0 aromatic heterocycles. The molecule has 1 heterocycles. The molecule has 0 bridgehead atoms. The SMILES string of the molecule is Nc1cccc2ccc3c(c12)Cc1ccccc1S3. The molecule has 0 saturated heterocycles. The molecule has 0 amide bonds. The summed E-state index contributed by atoms with van der Waals surface area (Å²) in [6, 6.07) is 19.2. The highest BCUT2D eigenvalue weighted by atomic mass is 32.2. The van der Waals surface area contributed by atoms with Gasteiger partial charge in [0.15, 0.2) is 0 Å². The lowest BCUT2D eigenvalue weighted by Gasteiger charge is -2.21. The van der Waals surface area contributed by atoms with E-state index in [4.69, 9.17) is 5.73 Å². The normalized spacial score (nSPS) is 13.1. The van der Waals surface area contributed by atoms with Crippen LogP contribution in [0.25, 0.3) is 10.8 Å². The van der Waals surface area contributed by atoms with Crippen LogP contribution in [0, 0.1) is 0 Å². The highest BCUT2D eigenvalue weighted by molar-refractivity contribution is 7.99. The zero-order valence-electron chi connectivity index (χ0n) is 10.4. The first-order valence-electron chi connectivity index (χ1n) is 6.39. The Labute approximate surface area is 116 Å². The Morgan fingerprint density at radius 3 is 2.68 bits per heavy atom. The number of benzene rings is 3. The molecule has 0 saturated carbocycles. The van der Waals surface area contributed by atoms with Crippen molar-refractivity contribution in [2.75, 3.05) is 5.73 Å². The van der Waals surface area contributed by atoms with Crippen molar-refractivity contribution in [3.05, 3.63) is 65.7 Å². The number of fused-ring (bicyclic) bond motifs is 4. The van der Waals surface area contributed by atoms with E-state index in [0.717, 1.165) is 12.1 Å². The zero-order chi connectivity index (χ0) is 12.8. The molecule has 0 unspecified atom stereocenters. The number of nitrogen functional groups attached to an aromatic ring is 1. The fourth-order valence-electron chi connectivity index (χ4n) is 2.79. The smallest absolute Gasteiger partial charge is 0.0397 e. The molecule has 3 aromatic rings. The zero-order valence-corrected chi connectivity index (χ0v) is 11.2. The minimum absolute atomic E-state index is 0.884. The molecule has 0 spiro atoms. The minimum Gasteiger partial charge on any atom is -0.398 e. The van der Waals surface area contributed by atoms with E-state index in [1.807, 2.05) is 23.9 Å². The average molecular weight is 263 g/mol. The predicted molar refractivity (Wildman–Crippen MR) is 81.7 cm³/mol. The van der Waals surface area contributed by atoms with Crippen molar-refractivity contribution in [1.29, 1.82) is 0 Å². The number of hydrogen-bond donors (Lipinski definition) is 1. The van der Waals surface area contributed by atoms with Crippen LogP contribution in [0.15, 0.2) is 64.4 Å². The lowest BCUT2D eigenvalue weighted by atomic mass is 9.96. The molecule has 1 aliphatic heterocycles. The molecule has 4 rings (SSSR count). The lowest BCUT2D eigenvalue weighted by Crippen LogP contribution is -2.01. The van der Waals surface area contributed by atoms with Gasteiger partial charge in [0.25, 0.3) is 0 Å². The molecule has 0 atom stereocenters. The Hall–Kier alpha value is -1.93. The lowest BCUT2D eigenvalue weighted by molar-refractivity contribution is 1.07. The Kier molecular flexibility index (Phi) is 2.32. The minimum atomic E-state index is 0.884. The number of anilines is 1.